The maximum atomic E-state index is 11.9. The van der Waals surface area contributed by atoms with Crippen molar-refractivity contribution in [3.05, 3.63) is 53.0 Å². The second-order valence-electron chi connectivity index (χ2n) is 5.41. The van der Waals surface area contributed by atoms with Crippen molar-refractivity contribution in [1.29, 1.82) is 0 Å². The van der Waals surface area contributed by atoms with E-state index in [1.807, 2.05) is 6.07 Å². The van der Waals surface area contributed by atoms with Crippen LogP contribution in [0, 0.1) is 0 Å². The zero-order valence-corrected chi connectivity index (χ0v) is 12.0. The molecule has 0 radical (unpaired) electrons. The van der Waals surface area contributed by atoms with Gasteiger partial charge in [0.2, 0.25) is 0 Å². The number of carbonyl (C=O) groups is 2. The number of hydrogen-bond acceptors (Lipinski definition) is 5. The van der Waals surface area contributed by atoms with Gasteiger partial charge >= 0.3 is 5.97 Å². The van der Waals surface area contributed by atoms with Crippen LogP contribution in [0.25, 0.3) is 0 Å². The van der Waals surface area contributed by atoms with Crippen LogP contribution in [0.1, 0.15) is 27.2 Å². The molecule has 0 saturated carbocycles. The average molecular weight is 297 g/mol. The van der Waals surface area contributed by atoms with Crippen LogP contribution in [-0.2, 0) is 23.1 Å². The molecule has 1 aliphatic rings. The molecule has 0 aromatic carbocycles. The summed E-state index contributed by atoms with van der Waals surface area (Å²) in [6.45, 7) is 0. The van der Waals surface area contributed by atoms with Crippen molar-refractivity contribution in [2.45, 2.75) is 18.3 Å². The van der Waals surface area contributed by atoms with E-state index >= 15 is 0 Å². The van der Waals surface area contributed by atoms with Crippen molar-refractivity contribution in [3.8, 4) is 0 Å². The first kappa shape index (κ1) is 14.2. The summed E-state index contributed by atoms with van der Waals surface area (Å²) >= 11 is 0. The van der Waals surface area contributed by atoms with Crippen LogP contribution in [0.3, 0.4) is 0 Å². The van der Waals surface area contributed by atoms with Gasteiger partial charge in [-0.05, 0) is 24.1 Å². The van der Waals surface area contributed by atoms with Gasteiger partial charge in [-0.15, -0.1) is 0 Å². The summed E-state index contributed by atoms with van der Waals surface area (Å²) in [5.74, 6) is -0.364. The number of fused-ring (bicyclic) bond motifs is 1. The molecular formula is C16H15N3O3. The van der Waals surface area contributed by atoms with Gasteiger partial charge in [0.05, 0.1) is 11.0 Å². The Balaban J connectivity index is 2.07. The van der Waals surface area contributed by atoms with Crippen LogP contribution in [0.2, 0.25) is 0 Å². The first-order valence-electron chi connectivity index (χ1n) is 6.90. The maximum absolute atomic E-state index is 11.9. The second kappa shape index (κ2) is 5.22. The van der Waals surface area contributed by atoms with Crippen molar-refractivity contribution in [3.63, 3.8) is 0 Å². The quantitative estimate of drug-likeness (QED) is 0.830. The number of aldehydes is 1. The van der Waals surface area contributed by atoms with Gasteiger partial charge in [-0.3, -0.25) is 4.98 Å². The van der Waals surface area contributed by atoms with Crippen LogP contribution < -0.4 is 5.32 Å². The molecule has 6 heteroatoms. The average Bonchev–Trinajstić information content (AvgIpc) is 2.93. The summed E-state index contributed by atoms with van der Waals surface area (Å²) in [4.78, 5) is 31.4. The van der Waals surface area contributed by atoms with E-state index in [0.29, 0.717) is 18.7 Å². The molecule has 0 fully saturated rings. The number of nitrogens with one attached hydrogen (secondary N) is 1. The molecule has 0 amide bonds. The van der Waals surface area contributed by atoms with E-state index in [0.717, 1.165) is 23.1 Å². The summed E-state index contributed by atoms with van der Waals surface area (Å²) in [6.07, 6.45) is 4.81. The van der Waals surface area contributed by atoms with Crippen molar-refractivity contribution < 1.29 is 14.7 Å². The van der Waals surface area contributed by atoms with Gasteiger partial charge in [0, 0.05) is 37.1 Å². The van der Waals surface area contributed by atoms with Gasteiger partial charge in [0.25, 0.3) is 0 Å². The number of nitrogens with zero attached hydrogens (tertiary/aromatic N) is 2. The number of hydrogen-bond donors (Lipinski definition) is 2. The van der Waals surface area contributed by atoms with E-state index in [9.17, 15) is 9.59 Å². The van der Waals surface area contributed by atoms with Gasteiger partial charge in [0.1, 0.15) is 12.1 Å². The van der Waals surface area contributed by atoms with Crippen LogP contribution in [0.4, 0.5) is 5.82 Å². The molecule has 3 rings (SSSR count). The Hall–Kier alpha value is -2.76. The molecule has 2 aromatic rings. The third-order valence-electron chi connectivity index (χ3n) is 4.10. The number of anilines is 1. The Labute approximate surface area is 127 Å². The topological polar surface area (TPSA) is 92.2 Å². The zero-order valence-electron chi connectivity index (χ0n) is 12.0. The highest BCUT2D eigenvalue weighted by molar-refractivity contribution is 5.87. The summed E-state index contributed by atoms with van der Waals surface area (Å²) in [7, 11) is 1.76. The molecule has 1 aliphatic carbocycles. The van der Waals surface area contributed by atoms with Crippen molar-refractivity contribution >= 4 is 18.1 Å². The number of rotatable bonds is 4. The maximum Gasteiger partial charge on any atom is 0.337 e. The lowest BCUT2D eigenvalue weighted by molar-refractivity contribution is -0.112. The molecule has 6 nitrogen and oxygen atoms in total. The SMILES string of the molecule is CNc1ncccc1[C@]1(C=O)Cc2cc(C(=O)O)cnc2C1. The number of carboxylic acids is 1. The number of carboxylic acid groups (broad SMARTS) is 1. The van der Waals surface area contributed by atoms with Crippen LogP contribution in [-0.4, -0.2) is 34.4 Å². The predicted molar refractivity (Wildman–Crippen MR) is 80.1 cm³/mol. The molecule has 112 valence electrons. The molecule has 0 aliphatic heterocycles. The van der Waals surface area contributed by atoms with Crippen molar-refractivity contribution in [2.24, 2.45) is 0 Å². The molecule has 2 N–H and O–H groups in total. The largest absolute Gasteiger partial charge is 0.478 e. The number of aromatic nitrogens is 2. The molecular weight excluding hydrogens is 282 g/mol. The standard InChI is InChI=1S/C16H15N3O3/c1-17-14-12(3-2-4-18-14)16(9-20)6-10-5-11(15(21)22)8-19-13(10)7-16/h2-5,8-9H,6-7H2,1H3,(H,17,18)(H,21,22)/t16-/m1/s1. The molecule has 0 saturated heterocycles. The van der Waals surface area contributed by atoms with Crippen molar-refractivity contribution in [2.75, 3.05) is 12.4 Å². The lowest BCUT2D eigenvalue weighted by Gasteiger charge is -2.24. The fourth-order valence-corrected chi connectivity index (χ4v) is 3.01. The van der Waals surface area contributed by atoms with Crippen LogP contribution in [0.5, 0.6) is 0 Å². The number of aromatic carboxylic acids is 1. The van der Waals surface area contributed by atoms with Gasteiger partial charge in [-0.1, -0.05) is 6.07 Å². The number of carbonyl (C=O) groups excluding carboxylic acids is 1. The first-order chi connectivity index (χ1) is 10.6. The zero-order chi connectivity index (χ0) is 15.7. The monoisotopic (exact) mass is 297 g/mol. The highest BCUT2D eigenvalue weighted by atomic mass is 16.4. The van der Waals surface area contributed by atoms with E-state index in [1.54, 1.807) is 25.4 Å². The summed E-state index contributed by atoms with van der Waals surface area (Å²) in [5, 5.41) is 12.1. The van der Waals surface area contributed by atoms with E-state index in [2.05, 4.69) is 15.3 Å². The smallest absolute Gasteiger partial charge is 0.337 e. The lowest BCUT2D eigenvalue weighted by atomic mass is 9.79. The highest BCUT2D eigenvalue weighted by Crippen LogP contribution is 2.40. The van der Waals surface area contributed by atoms with E-state index in [-0.39, 0.29) is 5.56 Å². The molecule has 0 unspecified atom stereocenters. The molecule has 0 spiro atoms. The Bertz CT molecular complexity index is 760. The fraction of sp³-hybridized carbons (Fsp3) is 0.250. The van der Waals surface area contributed by atoms with Gasteiger partial charge < -0.3 is 15.2 Å². The minimum Gasteiger partial charge on any atom is -0.478 e. The Morgan fingerprint density at radius 1 is 1.41 bits per heavy atom. The fourth-order valence-electron chi connectivity index (χ4n) is 3.01. The Kier molecular flexibility index (Phi) is 3.36. The van der Waals surface area contributed by atoms with E-state index < -0.39 is 11.4 Å². The minimum atomic E-state index is -1.02. The Morgan fingerprint density at radius 3 is 2.91 bits per heavy atom. The molecule has 0 bridgehead atoms. The second-order valence-corrected chi connectivity index (χ2v) is 5.41. The van der Waals surface area contributed by atoms with Crippen molar-refractivity contribution in [1.82, 2.24) is 9.97 Å². The van der Waals surface area contributed by atoms with Crippen LogP contribution >= 0.6 is 0 Å². The summed E-state index contributed by atoms with van der Waals surface area (Å²) in [5.41, 5.74) is 1.77. The highest BCUT2D eigenvalue weighted by Gasteiger charge is 2.41. The van der Waals surface area contributed by atoms with E-state index in [4.69, 9.17) is 5.11 Å². The van der Waals surface area contributed by atoms with Gasteiger partial charge in [0.15, 0.2) is 0 Å². The molecule has 1 atom stereocenters. The summed E-state index contributed by atoms with van der Waals surface area (Å²) in [6, 6.07) is 5.27. The molecule has 2 aromatic heterocycles. The van der Waals surface area contributed by atoms with Gasteiger partial charge in [-0.2, -0.15) is 0 Å². The van der Waals surface area contributed by atoms with Crippen LogP contribution in [0.15, 0.2) is 30.6 Å². The lowest BCUT2D eigenvalue weighted by Crippen LogP contribution is -2.30. The minimum absolute atomic E-state index is 0.139. The number of pyridine rings is 2. The van der Waals surface area contributed by atoms with E-state index in [1.165, 1.54) is 6.20 Å². The van der Waals surface area contributed by atoms with Gasteiger partial charge in [-0.25, -0.2) is 9.78 Å². The normalized spacial score (nSPS) is 19.5. The summed E-state index contributed by atoms with van der Waals surface area (Å²) < 4.78 is 0. The third-order valence-corrected chi connectivity index (χ3v) is 4.10. The molecule has 22 heavy (non-hydrogen) atoms. The predicted octanol–water partition coefficient (Wildman–Crippen LogP) is 1.45. The first-order valence-corrected chi connectivity index (χ1v) is 6.90. The third kappa shape index (κ3) is 2.13. The molecule has 2 heterocycles. The Morgan fingerprint density at radius 2 is 2.23 bits per heavy atom.